The van der Waals surface area contributed by atoms with E-state index in [1.807, 2.05) is 30.3 Å². The van der Waals surface area contributed by atoms with Crippen molar-refractivity contribution in [2.45, 2.75) is 6.42 Å². The smallest absolute Gasteiger partial charge is 0.449 e. The van der Waals surface area contributed by atoms with Crippen LogP contribution in [0.25, 0.3) is 0 Å². The van der Waals surface area contributed by atoms with Crippen LogP contribution in [0.15, 0.2) is 35.4 Å². The van der Waals surface area contributed by atoms with Gasteiger partial charge in [-0.05, 0) is 12.1 Å². The van der Waals surface area contributed by atoms with Crippen LogP contribution in [-0.2, 0) is 4.74 Å². The molecular weight excluding hydrogens is 196 g/mol. The molecule has 1 N–H and O–H groups in total. The van der Waals surface area contributed by atoms with Crippen molar-refractivity contribution in [2.75, 3.05) is 11.6 Å². The molecule has 0 aliphatic carbocycles. The SMILES string of the molecule is O=C(O)OC1=NN(c2ccccc2)CC1. The van der Waals surface area contributed by atoms with Crippen LogP contribution in [0.1, 0.15) is 6.42 Å². The van der Waals surface area contributed by atoms with Gasteiger partial charge in [0, 0.05) is 6.42 Å². The predicted molar refractivity (Wildman–Crippen MR) is 54.9 cm³/mol. The Kier molecular flexibility index (Phi) is 2.53. The Morgan fingerprint density at radius 3 is 2.80 bits per heavy atom. The van der Waals surface area contributed by atoms with Crippen molar-refractivity contribution in [1.29, 1.82) is 0 Å². The van der Waals surface area contributed by atoms with Crippen molar-refractivity contribution >= 4 is 17.7 Å². The highest BCUT2D eigenvalue weighted by atomic mass is 16.7. The molecule has 0 bridgehead atoms. The van der Waals surface area contributed by atoms with Crippen molar-refractivity contribution in [3.8, 4) is 0 Å². The summed E-state index contributed by atoms with van der Waals surface area (Å²) in [5.41, 5.74) is 0.932. The van der Waals surface area contributed by atoms with Gasteiger partial charge in [-0.3, -0.25) is 5.01 Å². The van der Waals surface area contributed by atoms with Gasteiger partial charge in [-0.2, -0.15) is 0 Å². The summed E-state index contributed by atoms with van der Waals surface area (Å²) in [6.07, 6.45) is -0.801. The van der Waals surface area contributed by atoms with Gasteiger partial charge in [0.2, 0.25) is 5.90 Å². The molecule has 0 fully saturated rings. The second kappa shape index (κ2) is 4.00. The number of anilines is 1. The third-order valence-corrected chi connectivity index (χ3v) is 2.03. The molecule has 0 aromatic heterocycles. The number of para-hydroxylation sites is 1. The minimum absolute atomic E-state index is 0.242. The van der Waals surface area contributed by atoms with E-state index >= 15 is 0 Å². The maximum absolute atomic E-state index is 10.3. The first-order valence-electron chi connectivity index (χ1n) is 4.56. The maximum atomic E-state index is 10.3. The number of carbonyl (C=O) groups is 1. The molecule has 78 valence electrons. The van der Waals surface area contributed by atoms with Crippen molar-refractivity contribution in [2.24, 2.45) is 5.10 Å². The van der Waals surface area contributed by atoms with Gasteiger partial charge < -0.3 is 9.84 Å². The summed E-state index contributed by atoms with van der Waals surface area (Å²) in [4.78, 5) is 10.3. The lowest BCUT2D eigenvalue weighted by Gasteiger charge is -2.11. The molecule has 0 atom stereocenters. The molecule has 0 radical (unpaired) electrons. The summed E-state index contributed by atoms with van der Waals surface area (Å²) in [7, 11) is 0. The van der Waals surface area contributed by atoms with E-state index in [9.17, 15) is 4.79 Å². The minimum atomic E-state index is -1.32. The molecule has 1 aromatic carbocycles. The van der Waals surface area contributed by atoms with Crippen LogP contribution in [0.5, 0.6) is 0 Å². The number of carboxylic acid groups (broad SMARTS) is 1. The molecule has 0 unspecified atom stereocenters. The van der Waals surface area contributed by atoms with Crippen LogP contribution in [-0.4, -0.2) is 23.7 Å². The normalized spacial score (nSPS) is 14.9. The monoisotopic (exact) mass is 206 g/mol. The minimum Gasteiger partial charge on any atom is -0.449 e. The van der Waals surface area contributed by atoms with Crippen LogP contribution in [0, 0.1) is 0 Å². The largest absolute Gasteiger partial charge is 0.512 e. The lowest BCUT2D eigenvalue weighted by Crippen LogP contribution is -2.11. The number of hydrazone groups is 1. The van der Waals surface area contributed by atoms with Gasteiger partial charge in [0.25, 0.3) is 0 Å². The molecule has 1 heterocycles. The van der Waals surface area contributed by atoms with Crippen molar-refractivity contribution in [1.82, 2.24) is 0 Å². The van der Waals surface area contributed by atoms with Crippen LogP contribution in [0.4, 0.5) is 10.5 Å². The average molecular weight is 206 g/mol. The molecule has 1 aliphatic heterocycles. The summed E-state index contributed by atoms with van der Waals surface area (Å²) in [5, 5.41) is 14.2. The molecule has 5 nitrogen and oxygen atoms in total. The van der Waals surface area contributed by atoms with Crippen LogP contribution >= 0.6 is 0 Å². The van der Waals surface area contributed by atoms with Crippen LogP contribution in [0.3, 0.4) is 0 Å². The second-order valence-electron chi connectivity index (χ2n) is 3.07. The van der Waals surface area contributed by atoms with Gasteiger partial charge in [0.05, 0.1) is 12.2 Å². The fourth-order valence-corrected chi connectivity index (χ4v) is 1.40. The Bertz CT molecular complexity index is 389. The lowest BCUT2D eigenvalue weighted by molar-refractivity contribution is 0.140. The van der Waals surface area contributed by atoms with Gasteiger partial charge >= 0.3 is 6.16 Å². The first kappa shape index (κ1) is 9.51. The number of benzene rings is 1. The summed E-state index contributed by atoms with van der Waals surface area (Å²) in [5.74, 6) is 0.242. The molecule has 0 saturated carbocycles. The standard InChI is InChI=1S/C10H10N2O3/c13-10(14)15-9-6-7-12(11-9)8-4-2-1-3-5-8/h1-5H,6-7H2,(H,13,14). The number of hydrogen-bond acceptors (Lipinski definition) is 4. The Morgan fingerprint density at radius 2 is 2.13 bits per heavy atom. The van der Waals surface area contributed by atoms with Gasteiger partial charge in [-0.1, -0.05) is 18.2 Å². The average Bonchev–Trinajstić information content (AvgIpc) is 2.67. The highest BCUT2D eigenvalue weighted by Gasteiger charge is 2.18. The molecule has 1 aliphatic rings. The van der Waals surface area contributed by atoms with E-state index in [0.29, 0.717) is 13.0 Å². The van der Waals surface area contributed by atoms with Gasteiger partial charge in [0.15, 0.2) is 0 Å². The highest BCUT2D eigenvalue weighted by molar-refractivity contribution is 5.87. The molecule has 0 saturated heterocycles. The van der Waals surface area contributed by atoms with E-state index in [4.69, 9.17) is 5.11 Å². The summed E-state index contributed by atoms with van der Waals surface area (Å²) in [6.45, 7) is 0.645. The highest BCUT2D eigenvalue weighted by Crippen LogP contribution is 2.18. The number of hydrogen-bond donors (Lipinski definition) is 1. The quantitative estimate of drug-likeness (QED) is 0.713. The van der Waals surface area contributed by atoms with E-state index in [0.717, 1.165) is 5.69 Å². The zero-order valence-corrected chi connectivity index (χ0v) is 7.96. The van der Waals surface area contributed by atoms with Gasteiger partial charge in [0.1, 0.15) is 0 Å². The van der Waals surface area contributed by atoms with Gasteiger partial charge in [-0.25, -0.2) is 4.79 Å². The number of nitrogens with zero attached hydrogens (tertiary/aromatic N) is 2. The summed E-state index contributed by atoms with van der Waals surface area (Å²) < 4.78 is 4.49. The van der Waals surface area contributed by atoms with E-state index in [1.165, 1.54) is 0 Å². The third-order valence-electron chi connectivity index (χ3n) is 2.03. The molecular formula is C10H10N2O3. The number of rotatable bonds is 1. The first-order valence-corrected chi connectivity index (χ1v) is 4.56. The molecule has 0 spiro atoms. The number of ether oxygens (including phenoxy) is 1. The van der Waals surface area contributed by atoms with Crippen molar-refractivity contribution in [3.05, 3.63) is 30.3 Å². The van der Waals surface area contributed by atoms with E-state index < -0.39 is 6.16 Å². The molecule has 5 heteroatoms. The molecule has 2 rings (SSSR count). The summed E-state index contributed by atoms with van der Waals surface area (Å²) in [6, 6.07) is 9.54. The Balaban J connectivity index is 2.09. The molecule has 0 amide bonds. The van der Waals surface area contributed by atoms with Gasteiger partial charge in [-0.15, -0.1) is 5.10 Å². The second-order valence-corrected chi connectivity index (χ2v) is 3.07. The van der Waals surface area contributed by atoms with Crippen molar-refractivity contribution < 1.29 is 14.6 Å². The Hall–Kier alpha value is -2.04. The fraction of sp³-hybridized carbons (Fsp3) is 0.200. The maximum Gasteiger partial charge on any atom is 0.512 e. The zero-order valence-electron chi connectivity index (χ0n) is 7.96. The van der Waals surface area contributed by atoms with Crippen molar-refractivity contribution in [3.63, 3.8) is 0 Å². The van der Waals surface area contributed by atoms with E-state index in [2.05, 4.69) is 9.84 Å². The molecule has 1 aromatic rings. The van der Waals surface area contributed by atoms with E-state index in [-0.39, 0.29) is 5.90 Å². The molecule has 15 heavy (non-hydrogen) atoms. The topological polar surface area (TPSA) is 62.1 Å². The van der Waals surface area contributed by atoms with Crippen LogP contribution in [0.2, 0.25) is 0 Å². The van der Waals surface area contributed by atoms with Crippen LogP contribution < -0.4 is 5.01 Å². The predicted octanol–water partition coefficient (Wildman–Crippen LogP) is 1.90. The first-order chi connectivity index (χ1) is 7.25. The fourth-order valence-electron chi connectivity index (χ4n) is 1.40. The Labute approximate surface area is 86.6 Å². The lowest BCUT2D eigenvalue weighted by atomic mass is 10.3. The zero-order chi connectivity index (χ0) is 10.7. The Morgan fingerprint density at radius 1 is 1.40 bits per heavy atom. The third kappa shape index (κ3) is 2.25. The van der Waals surface area contributed by atoms with E-state index in [1.54, 1.807) is 5.01 Å². The summed E-state index contributed by atoms with van der Waals surface area (Å²) >= 11 is 0.